The Morgan fingerprint density at radius 1 is 1.04 bits per heavy atom. The van der Waals surface area contributed by atoms with E-state index in [9.17, 15) is 9.90 Å². The number of aliphatic hydroxyl groups is 1. The molecule has 2 fully saturated rings. The van der Waals surface area contributed by atoms with Gasteiger partial charge in [0.25, 0.3) is 5.91 Å². The van der Waals surface area contributed by atoms with Gasteiger partial charge >= 0.3 is 0 Å². The van der Waals surface area contributed by atoms with E-state index in [-0.39, 0.29) is 24.1 Å². The quantitative estimate of drug-likeness (QED) is 0.884. The number of aliphatic hydroxyl groups excluding tert-OH is 1. The lowest BCUT2D eigenvalue weighted by Gasteiger charge is -2.56. The Morgan fingerprint density at radius 2 is 1.71 bits per heavy atom. The van der Waals surface area contributed by atoms with Gasteiger partial charge in [-0.1, -0.05) is 48.5 Å². The largest absolute Gasteiger partial charge is 0.394 e. The van der Waals surface area contributed by atoms with Crippen LogP contribution in [0.2, 0.25) is 0 Å². The lowest BCUT2D eigenvalue weighted by molar-refractivity contribution is -0.0889. The maximum Gasteiger partial charge on any atom is 0.253 e. The zero-order valence-electron chi connectivity index (χ0n) is 16.5. The van der Waals surface area contributed by atoms with E-state index in [2.05, 4.69) is 41.0 Å². The van der Waals surface area contributed by atoms with E-state index in [0.29, 0.717) is 13.1 Å². The molecule has 2 aromatic carbocycles. The Hall–Kier alpha value is -2.21. The molecule has 0 radical (unpaired) electrons. The second-order valence-corrected chi connectivity index (χ2v) is 8.27. The second kappa shape index (κ2) is 8.03. The highest BCUT2D eigenvalue weighted by molar-refractivity contribution is 5.94. The summed E-state index contributed by atoms with van der Waals surface area (Å²) >= 11 is 0. The normalized spacial score (nSPS) is 26.1. The number of rotatable bonds is 4. The van der Waals surface area contributed by atoms with Gasteiger partial charge in [0.15, 0.2) is 0 Å². The van der Waals surface area contributed by atoms with Crippen molar-refractivity contribution in [3.63, 3.8) is 0 Å². The van der Waals surface area contributed by atoms with E-state index in [1.54, 1.807) is 0 Å². The van der Waals surface area contributed by atoms with E-state index in [1.807, 2.05) is 41.3 Å². The van der Waals surface area contributed by atoms with Crippen LogP contribution in [-0.2, 0) is 6.54 Å². The molecule has 1 N–H and O–H groups in total. The van der Waals surface area contributed by atoms with E-state index in [0.717, 1.165) is 31.7 Å². The number of carbonyl (C=O) groups is 1. The third kappa shape index (κ3) is 3.83. The molecule has 2 aliphatic heterocycles. The second-order valence-electron chi connectivity index (χ2n) is 8.27. The van der Waals surface area contributed by atoms with Gasteiger partial charge in [0.2, 0.25) is 0 Å². The van der Waals surface area contributed by atoms with Crippen LogP contribution in [0.4, 0.5) is 0 Å². The molecular formula is C23H29N3O2. The maximum atomic E-state index is 12.9. The Bertz CT molecular complexity index is 798. The summed E-state index contributed by atoms with van der Waals surface area (Å²) < 4.78 is 0. The summed E-state index contributed by atoms with van der Waals surface area (Å²) in [7, 11) is 0. The number of carbonyl (C=O) groups excluding carboxylic acids is 1. The van der Waals surface area contributed by atoms with Crippen LogP contribution in [0.25, 0.3) is 0 Å². The number of hydrogen-bond acceptors (Lipinski definition) is 4. The highest BCUT2D eigenvalue weighted by atomic mass is 16.3. The third-order valence-electron chi connectivity index (χ3n) is 6.11. The van der Waals surface area contributed by atoms with Crippen LogP contribution >= 0.6 is 0 Å². The fourth-order valence-corrected chi connectivity index (χ4v) is 4.71. The van der Waals surface area contributed by atoms with Crippen molar-refractivity contribution >= 4 is 5.91 Å². The minimum absolute atomic E-state index is 0.103. The number of amides is 1. The highest BCUT2D eigenvalue weighted by Gasteiger charge is 2.45. The van der Waals surface area contributed by atoms with Crippen LogP contribution in [0.15, 0.2) is 60.7 Å². The summed E-state index contributed by atoms with van der Waals surface area (Å²) in [6.45, 7) is 7.10. The van der Waals surface area contributed by atoms with Gasteiger partial charge in [-0.2, -0.15) is 0 Å². The zero-order chi connectivity index (χ0) is 19.6. The molecule has 5 nitrogen and oxygen atoms in total. The molecule has 2 aromatic rings. The monoisotopic (exact) mass is 379 g/mol. The van der Waals surface area contributed by atoms with Crippen LogP contribution in [-0.4, -0.2) is 76.6 Å². The standard InChI is InChI=1S/C23H29N3O2/c1-23(18-27)17-24(14-19-8-4-2-5-9-19)15-21-16-25(12-13-26(21)23)22(28)20-10-6-3-7-11-20/h2-11,21,27H,12-18H2,1H3. The van der Waals surface area contributed by atoms with Crippen LogP contribution in [0.3, 0.4) is 0 Å². The van der Waals surface area contributed by atoms with E-state index in [4.69, 9.17) is 0 Å². The summed E-state index contributed by atoms with van der Waals surface area (Å²) in [4.78, 5) is 19.7. The minimum Gasteiger partial charge on any atom is -0.394 e. The van der Waals surface area contributed by atoms with Gasteiger partial charge in [-0.3, -0.25) is 14.6 Å². The molecule has 5 heteroatoms. The SMILES string of the molecule is CC1(CO)CN(Cc2ccccc2)CC2CN(C(=O)c3ccccc3)CCN21. The molecule has 0 spiro atoms. The fourth-order valence-electron chi connectivity index (χ4n) is 4.71. The molecule has 28 heavy (non-hydrogen) atoms. The van der Waals surface area contributed by atoms with Crippen LogP contribution < -0.4 is 0 Å². The fraction of sp³-hybridized carbons (Fsp3) is 0.435. The van der Waals surface area contributed by atoms with Gasteiger partial charge in [0.05, 0.1) is 12.1 Å². The lowest BCUT2D eigenvalue weighted by atomic mass is 9.91. The number of piperazine rings is 2. The Kier molecular flexibility index (Phi) is 5.49. The Morgan fingerprint density at radius 3 is 2.39 bits per heavy atom. The maximum absolute atomic E-state index is 12.9. The van der Waals surface area contributed by atoms with Crippen molar-refractivity contribution in [3.8, 4) is 0 Å². The summed E-state index contributed by atoms with van der Waals surface area (Å²) in [6.07, 6.45) is 0. The molecule has 0 saturated carbocycles. The summed E-state index contributed by atoms with van der Waals surface area (Å²) in [5.74, 6) is 0.103. The average molecular weight is 380 g/mol. The minimum atomic E-state index is -0.278. The first-order valence-electron chi connectivity index (χ1n) is 10.1. The van der Waals surface area contributed by atoms with E-state index < -0.39 is 0 Å². The van der Waals surface area contributed by atoms with Gasteiger partial charge in [-0.15, -0.1) is 0 Å². The lowest BCUT2D eigenvalue weighted by Crippen LogP contribution is -2.71. The molecular weight excluding hydrogens is 350 g/mol. The van der Waals surface area contributed by atoms with Gasteiger partial charge in [-0.05, 0) is 24.6 Å². The van der Waals surface area contributed by atoms with Crippen molar-refractivity contribution in [1.82, 2.24) is 14.7 Å². The molecule has 1 amide bonds. The van der Waals surface area contributed by atoms with Crippen molar-refractivity contribution in [3.05, 3.63) is 71.8 Å². The van der Waals surface area contributed by atoms with Crippen molar-refractivity contribution in [2.24, 2.45) is 0 Å². The number of hydrogen-bond donors (Lipinski definition) is 1. The first kappa shape index (κ1) is 19.1. The molecule has 2 atom stereocenters. The molecule has 0 bridgehead atoms. The number of nitrogens with zero attached hydrogens (tertiary/aromatic N) is 3. The number of fused-ring (bicyclic) bond motifs is 1. The van der Waals surface area contributed by atoms with Crippen molar-refractivity contribution in [2.75, 3.05) is 39.3 Å². The molecule has 2 aliphatic rings. The van der Waals surface area contributed by atoms with E-state index >= 15 is 0 Å². The highest BCUT2D eigenvalue weighted by Crippen LogP contribution is 2.29. The molecule has 2 heterocycles. The molecule has 0 aliphatic carbocycles. The van der Waals surface area contributed by atoms with Crippen molar-refractivity contribution in [1.29, 1.82) is 0 Å². The van der Waals surface area contributed by atoms with Crippen LogP contribution in [0.1, 0.15) is 22.8 Å². The number of benzene rings is 2. The zero-order valence-corrected chi connectivity index (χ0v) is 16.5. The average Bonchev–Trinajstić information content (AvgIpc) is 2.74. The predicted molar refractivity (Wildman–Crippen MR) is 110 cm³/mol. The van der Waals surface area contributed by atoms with Crippen molar-refractivity contribution < 1.29 is 9.90 Å². The molecule has 4 rings (SSSR count). The van der Waals surface area contributed by atoms with Crippen molar-refractivity contribution in [2.45, 2.75) is 25.0 Å². The third-order valence-corrected chi connectivity index (χ3v) is 6.11. The summed E-state index contributed by atoms with van der Waals surface area (Å²) in [5.41, 5.74) is 1.75. The molecule has 0 aromatic heterocycles. The van der Waals surface area contributed by atoms with Crippen LogP contribution in [0, 0.1) is 0 Å². The summed E-state index contributed by atoms with van der Waals surface area (Å²) in [6, 6.07) is 20.2. The smallest absolute Gasteiger partial charge is 0.253 e. The molecule has 148 valence electrons. The van der Waals surface area contributed by atoms with Gasteiger partial charge < -0.3 is 10.0 Å². The van der Waals surface area contributed by atoms with Gasteiger partial charge in [0, 0.05) is 50.9 Å². The predicted octanol–water partition coefficient (Wildman–Crippen LogP) is 2.08. The topological polar surface area (TPSA) is 47.0 Å². The van der Waals surface area contributed by atoms with Gasteiger partial charge in [0.1, 0.15) is 0 Å². The first-order valence-corrected chi connectivity index (χ1v) is 10.1. The van der Waals surface area contributed by atoms with E-state index in [1.165, 1.54) is 5.56 Å². The van der Waals surface area contributed by atoms with Crippen LogP contribution in [0.5, 0.6) is 0 Å². The van der Waals surface area contributed by atoms with Gasteiger partial charge in [-0.25, -0.2) is 0 Å². The summed E-state index contributed by atoms with van der Waals surface area (Å²) in [5, 5.41) is 10.2. The first-order chi connectivity index (χ1) is 13.6. The Balaban J connectivity index is 1.50. The Labute approximate surface area is 167 Å². The molecule has 2 saturated heterocycles. The molecule has 2 unspecified atom stereocenters.